The van der Waals surface area contributed by atoms with Gasteiger partial charge in [0.05, 0.1) is 28.4 Å². The Morgan fingerprint density at radius 1 is 0.839 bits per heavy atom. The van der Waals surface area contributed by atoms with Gasteiger partial charge < -0.3 is 0 Å². The molecule has 1 aliphatic heterocycles. The van der Waals surface area contributed by atoms with Gasteiger partial charge in [0.15, 0.2) is 0 Å². The molecule has 0 bridgehead atoms. The normalized spacial score (nSPS) is 14.6. The van der Waals surface area contributed by atoms with Crippen molar-refractivity contribution in [3.05, 3.63) is 89.4 Å². The lowest BCUT2D eigenvalue weighted by molar-refractivity contribution is 0.0561. The summed E-state index contributed by atoms with van der Waals surface area (Å²) >= 11 is 0. The summed E-state index contributed by atoms with van der Waals surface area (Å²) in [6.07, 6.45) is 0.579. The van der Waals surface area contributed by atoms with Crippen LogP contribution in [0.5, 0.6) is 0 Å². The van der Waals surface area contributed by atoms with E-state index in [-0.39, 0.29) is 23.5 Å². The number of aromatic nitrogens is 1. The predicted molar refractivity (Wildman–Crippen MR) is 118 cm³/mol. The topological polar surface area (TPSA) is 50.3 Å². The minimum Gasteiger partial charge on any atom is -0.269 e. The number of fused-ring (bicyclic) bond motifs is 4. The van der Waals surface area contributed by atoms with E-state index in [0.29, 0.717) is 34.1 Å². The molecule has 0 spiro atoms. The fourth-order valence-electron chi connectivity index (χ4n) is 4.48. The van der Waals surface area contributed by atoms with Crippen LogP contribution in [0.25, 0.3) is 21.7 Å². The fourth-order valence-corrected chi connectivity index (χ4v) is 4.48. The number of amides is 2. The van der Waals surface area contributed by atoms with Crippen molar-refractivity contribution in [2.75, 3.05) is 0 Å². The van der Waals surface area contributed by atoms with Crippen LogP contribution >= 0.6 is 0 Å². The minimum atomic E-state index is -0.522. The Bertz CT molecular complexity index is 1330. The summed E-state index contributed by atoms with van der Waals surface area (Å²) in [5.74, 6) is -0.697. The number of benzene rings is 3. The molecule has 0 fully saturated rings. The Morgan fingerprint density at radius 3 is 2.10 bits per heavy atom. The molecule has 5 heteroatoms. The van der Waals surface area contributed by atoms with Gasteiger partial charge in [-0.15, -0.1) is 0 Å². The Hall–Kier alpha value is -3.60. The number of hydrogen-bond donors (Lipinski definition) is 0. The quantitative estimate of drug-likeness (QED) is 0.309. The van der Waals surface area contributed by atoms with Crippen molar-refractivity contribution in [3.8, 4) is 0 Å². The van der Waals surface area contributed by atoms with Crippen molar-refractivity contribution in [1.29, 1.82) is 0 Å². The molecule has 154 valence electrons. The zero-order valence-corrected chi connectivity index (χ0v) is 17.3. The van der Waals surface area contributed by atoms with Crippen LogP contribution in [0.1, 0.15) is 52.7 Å². The zero-order valence-electron chi connectivity index (χ0n) is 17.3. The van der Waals surface area contributed by atoms with Gasteiger partial charge in [-0.3, -0.25) is 14.5 Å². The molecule has 0 saturated carbocycles. The van der Waals surface area contributed by atoms with E-state index in [1.807, 2.05) is 24.3 Å². The molecule has 3 aromatic carbocycles. The van der Waals surface area contributed by atoms with Gasteiger partial charge in [-0.2, -0.15) is 0 Å². The van der Waals surface area contributed by atoms with E-state index < -0.39 is 6.04 Å². The second-order valence-electron chi connectivity index (χ2n) is 8.38. The first-order valence-electron chi connectivity index (χ1n) is 10.4. The van der Waals surface area contributed by atoms with Gasteiger partial charge >= 0.3 is 0 Å². The van der Waals surface area contributed by atoms with Crippen molar-refractivity contribution in [2.45, 2.75) is 26.3 Å². The van der Waals surface area contributed by atoms with Crippen molar-refractivity contribution in [2.24, 2.45) is 5.92 Å². The van der Waals surface area contributed by atoms with Crippen LogP contribution < -0.4 is 0 Å². The highest BCUT2D eigenvalue weighted by Crippen LogP contribution is 2.39. The monoisotopic (exact) mass is 412 g/mol. The van der Waals surface area contributed by atoms with Crippen LogP contribution in [0.4, 0.5) is 4.39 Å². The summed E-state index contributed by atoms with van der Waals surface area (Å²) in [7, 11) is 0. The number of nitrogens with zero attached hydrogens (tertiary/aromatic N) is 2. The number of pyridine rings is 1. The highest BCUT2D eigenvalue weighted by molar-refractivity contribution is 6.21. The third-order valence-electron chi connectivity index (χ3n) is 5.84. The van der Waals surface area contributed by atoms with Gasteiger partial charge in [-0.25, -0.2) is 9.37 Å². The lowest BCUT2D eigenvalue weighted by Gasteiger charge is -2.28. The van der Waals surface area contributed by atoms with E-state index in [2.05, 4.69) is 13.8 Å². The molecule has 2 amide bonds. The number of carbonyl (C=O) groups excluding carboxylic acids is 2. The maximum atomic E-state index is 14.0. The second-order valence-corrected chi connectivity index (χ2v) is 8.38. The first-order valence-corrected chi connectivity index (χ1v) is 10.4. The number of rotatable bonds is 4. The summed E-state index contributed by atoms with van der Waals surface area (Å²) in [5.41, 5.74) is 2.15. The molecule has 4 nitrogen and oxygen atoms in total. The Kier molecular flexibility index (Phi) is 4.54. The van der Waals surface area contributed by atoms with Crippen molar-refractivity contribution in [1.82, 2.24) is 9.88 Å². The van der Waals surface area contributed by atoms with E-state index in [4.69, 9.17) is 4.98 Å². The summed E-state index contributed by atoms with van der Waals surface area (Å²) in [5, 5.41) is 2.39. The number of halogens is 1. The third-order valence-corrected chi connectivity index (χ3v) is 5.84. The van der Waals surface area contributed by atoms with Crippen molar-refractivity contribution in [3.63, 3.8) is 0 Å². The van der Waals surface area contributed by atoms with Gasteiger partial charge in [0, 0.05) is 10.8 Å². The van der Waals surface area contributed by atoms with Crippen LogP contribution in [0, 0.1) is 11.7 Å². The Morgan fingerprint density at radius 2 is 1.45 bits per heavy atom. The van der Waals surface area contributed by atoms with Gasteiger partial charge in [-0.1, -0.05) is 50.2 Å². The van der Waals surface area contributed by atoms with E-state index in [0.717, 1.165) is 10.8 Å². The molecule has 31 heavy (non-hydrogen) atoms. The molecule has 1 aliphatic rings. The molecule has 5 rings (SSSR count). The van der Waals surface area contributed by atoms with Crippen LogP contribution in [-0.4, -0.2) is 21.7 Å². The molecule has 1 unspecified atom stereocenters. The van der Waals surface area contributed by atoms with Crippen LogP contribution in [-0.2, 0) is 0 Å². The minimum absolute atomic E-state index is 0.221. The maximum absolute atomic E-state index is 14.0. The highest BCUT2D eigenvalue weighted by atomic mass is 19.1. The molecular formula is C26H21FN2O2. The standard InChI is InChI=1S/C26H21FN2O2/c1-15(2)13-23(29-25(30)19-9-5-6-10-20(19)26(29)31)24-18-8-4-3-7-17(18)21-14-16(27)11-12-22(21)28-24/h3-12,14-15,23H,13H2,1-2H3. The smallest absolute Gasteiger partial charge is 0.262 e. The highest BCUT2D eigenvalue weighted by Gasteiger charge is 2.41. The molecule has 1 atom stereocenters. The average molecular weight is 412 g/mol. The number of carbonyl (C=O) groups is 2. The van der Waals surface area contributed by atoms with Crippen molar-refractivity contribution < 1.29 is 14.0 Å². The Balaban J connectivity index is 1.76. The molecule has 0 N–H and O–H groups in total. The molecule has 0 radical (unpaired) electrons. The first kappa shape index (κ1) is 19.4. The summed E-state index contributed by atoms with van der Waals surface area (Å²) in [6.45, 7) is 4.12. The maximum Gasteiger partial charge on any atom is 0.262 e. The van der Waals surface area contributed by atoms with E-state index >= 15 is 0 Å². The van der Waals surface area contributed by atoms with Gasteiger partial charge in [0.1, 0.15) is 5.82 Å². The summed E-state index contributed by atoms with van der Waals surface area (Å²) < 4.78 is 14.0. The number of hydrogen-bond acceptors (Lipinski definition) is 3. The lowest BCUT2D eigenvalue weighted by atomic mass is 9.94. The van der Waals surface area contributed by atoms with Crippen LogP contribution in [0.15, 0.2) is 66.7 Å². The van der Waals surface area contributed by atoms with Gasteiger partial charge in [-0.05, 0) is 48.1 Å². The Labute approximate surface area is 179 Å². The van der Waals surface area contributed by atoms with E-state index in [1.165, 1.54) is 17.0 Å². The molecule has 0 aliphatic carbocycles. The summed E-state index contributed by atoms with van der Waals surface area (Å²) in [6, 6.07) is 18.6. The fraction of sp³-hybridized carbons (Fsp3) is 0.192. The SMILES string of the molecule is CC(C)CC(c1nc2ccc(F)cc2c2ccccc12)N1C(=O)c2ccccc2C1=O. The lowest BCUT2D eigenvalue weighted by Crippen LogP contribution is -2.35. The number of imide groups is 1. The van der Waals surface area contributed by atoms with Gasteiger partial charge in [0.2, 0.25) is 0 Å². The first-order chi connectivity index (χ1) is 15.0. The zero-order chi connectivity index (χ0) is 21.7. The predicted octanol–water partition coefficient (Wildman–Crippen LogP) is 5.91. The molecule has 0 saturated heterocycles. The van der Waals surface area contributed by atoms with E-state index in [1.54, 1.807) is 30.3 Å². The average Bonchev–Trinajstić information content (AvgIpc) is 3.02. The van der Waals surface area contributed by atoms with Crippen molar-refractivity contribution >= 4 is 33.5 Å². The summed E-state index contributed by atoms with van der Waals surface area (Å²) in [4.78, 5) is 32.8. The molecule has 4 aromatic rings. The van der Waals surface area contributed by atoms with E-state index in [9.17, 15) is 14.0 Å². The molecule has 1 aromatic heterocycles. The third kappa shape index (κ3) is 3.08. The largest absolute Gasteiger partial charge is 0.269 e. The second kappa shape index (κ2) is 7.27. The molecular weight excluding hydrogens is 391 g/mol. The molecule has 2 heterocycles. The van der Waals surface area contributed by atoms with Crippen LogP contribution in [0.2, 0.25) is 0 Å². The van der Waals surface area contributed by atoms with Crippen LogP contribution in [0.3, 0.4) is 0 Å². The van der Waals surface area contributed by atoms with Gasteiger partial charge in [0.25, 0.3) is 11.8 Å².